The van der Waals surface area contributed by atoms with Crippen molar-refractivity contribution in [2.45, 2.75) is 13.8 Å². The third kappa shape index (κ3) is 4.14. The third-order valence-corrected chi connectivity index (χ3v) is 5.18. The van der Waals surface area contributed by atoms with Crippen LogP contribution < -0.4 is 4.90 Å². The van der Waals surface area contributed by atoms with E-state index in [4.69, 9.17) is 0 Å². The Labute approximate surface area is 173 Å². The summed E-state index contributed by atoms with van der Waals surface area (Å²) in [5.74, 6) is 0. The van der Waals surface area contributed by atoms with E-state index in [0.29, 0.717) is 0 Å². The molecule has 0 heterocycles. The molecule has 0 saturated heterocycles. The maximum Gasteiger partial charge on any atom is 0.0485 e. The predicted octanol–water partition coefficient (Wildman–Crippen LogP) is 7.53. The van der Waals surface area contributed by atoms with Crippen molar-refractivity contribution in [1.29, 1.82) is 0 Å². The highest BCUT2D eigenvalue weighted by Crippen LogP contribution is 2.34. The third-order valence-electron chi connectivity index (χ3n) is 5.18. The van der Waals surface area contributed by atoms with Gasteiger partial charge in [0.2, 0.25) is 0 Å². The van der Waals surface area contributed by atoms with Gasteiger partial charge in [0.1, 0.15) is 0 Å². The van der Waals surface area contributed by atoms with Gasteiger partial charge >= 0.3 is 0 Å². The fraction of sp³-hybridized carbons (Fsp3) is 0.0714. The predicted molar refractivity (Wildman–Crippen MR) is 124 cm³/mol. The second-order valence-electron chi connectivity index (χ2n) is 7.22. The van der Waals surface area contributed by atoms with Crippen molar-refractivity contribution < 1.29 is 0 Å². The standard InChI is InChI=1S/C28H25N/c1-22-13-9-11-19-27(22)29(28-20-12-10-14-23(28)2)21-26(24-15-5-3-6-16-24)25-17-7-4-8-18-25/h3-21H,1-2H3. The van der Waals surface area contributed by atoms with Crippen LogP contribution in [0.2, 0.25) is 0 Å². The van der Waals surface area contributed by atoms with Gasteiger partial charge in [-0.25, -0.2) is 0 Å². The number of anilines is 2. The second-order valence-corrected chi connectivity index (χ2v) is 7.22. The molecule has 142 valence electrons. The van der Waals surface area contributed by atoms with E-state index >= 15 is 0 Å². The van der Waals surface area contributed by atoms with Crippen LogP contribution in [0, 0.1) is 13.8 Å². The first-order valence-corrected chi connectivity index (χ1v) is 9.97. The quantitative estimate of drug-likeness (QED) is 0.348. The van der Waals surface area contributed by atoms with Gasteiger partial charge in [0.15, 0.2) is 0 Å². The Morgan fingerprint density at radius 2 is 0.897 bits per heavy atom. The summed E-state index contributed by atoms with van der Waals surface area (Å²) in [5, 5.41) is 0. The van der Waals surface area contributed by atoms with Gasteiger partial charge in [-0.1, -0.05) is 97.1 Å². The van der Waals surface area contributed by atoms with Crippen LogP contribution in [0.4, 0.5) is 11.4 Å². The van der Waals surface area contributed by atoms with Gasteiger partial charge in [-0.2, -0.15) is 0 Å². The van der Waals surface area contributed by atoms with Crippen molar-refractivity contribution in [2.75, 3.05) is 4.90 Å². The van der Waals surface area contributed by atoms with Crippen LogP contribution in [-0.4, -0.2) is 0 Å². The molecule has 0 amide bonds. The Morgan fingerprint density at radius 1 is 0.517 bits per heavy atom. The lowest BCUT2D eigenvalue weighted by Crippen LogP contribution is -2.12. The lowest BCUT2D eigenvalue weighted by Gasteiger charge is -2.26. The summed E-state index contributed by atoms with van der Waals surface area (Å²) in [6.45, 7) is 4.33. The normalized spacial score (nSPS) is 10.4. The first kappa shape index (κ1) is 18.8. The van der Waals surface area contributed by atoms with E-state index in [9.17, 15) is 0 Å². The minimum atomic E-state index is 1.19. The molecular formula is C28H25N. The largest absolute Gasteiger partial charge is 0.316 e. The molecule has 4 aromatic rings. The number of hydrogen-bond acceptors (Lipinski definition) is 1. The molecule has 1 nitrogen and oxygen atoms in total. The first-order valence-electron chi connectivity index (χ1n) is 9.97. The number of benzene rings is 4. The van der Waals surface area contributed by atoms with Gasteiger partial charge in [-0.05, 0) is 48.2 Å². The fourth-order valence-corrected chi connectivity index (χ4v) is 3.62. The van der Waals surface area contributed by atoms with Gasteiger partial charge in [0.25, 0.3) is 0 Å². The zero-order chi connectivity index (χ0) is 20.1. The van der Waals surface area contributed by atoms with E-state index in [1.165, 1.54) is 39.2 Å². The highest BCUT2D eigenvalue weighted by Gasteiger charge is 2.14. The topological polar surface area (TPSA) is 3.24 Å². The zero-order valence-corrected chi connectivity index (χ0v) is 16.9. The molecule has 0 radical (unpaired) electrons. The van der Waals surface area contributed by atoms with Crippen LogP contribution in [0.3, 0.4) is 0 Å². The lowest BCUT2D eigenvalue weighted by molar-refractivity contribution is 1.22. The van der Waals surface area contributed by atoms with E-state index in [1.54, 1.807) is 0 Å². The summed E-state index contributed by atoms with van der Waals surface area (Å²) < 4.78 is 0. The van der Waals surface area contributed by atoms with Crippen molar-refractivity contribution in [3.8, 4) is 0 Å². The van der Waals surface area contributed by atoms with Gasteiger partial charge in [-0.15, -0.1) is 0 Å². The Kier molecular flexibility index (Phi) is 5.58. The molecule has 0 unspecified atom stereocenters. The van der Waals surface area contributed by atoms with Gasteiger partial charge in [0.05, 0.1) is 0 Å². The number of aryl methyl sites for hydroxylation is 2. The van der Waals surface area contributed by atoms with Crippen LogP contribution in [-0.2, 0) is 0 Å². The molecule has 0 saturated carbocycles. The van der Waals surface area contributed by atoms with E-state index in [-0.39, 0.29) is 0 Å². The molecule has 1 heteroatoms. The molecule has 0 atom stereocenters. The number of hydrogen-bond donors (Lipinski definition) is 0. The average Bonchev–Trinajstić information content (AvgIpc) is 2.77. The zero-order valence-electron chi connectivity index (χ0n) is 16.9. The van der Waals surface area contributed by atoms with Gasteiger partial charge < -0.3 is 4.90 Å². The molecule has 0 N–H and O–H groups in total. The van der Waals surface area contributed by atoms with Crippen molar-refractivity contribution in [3.05, 3.63) is 138 Å². The molecule has 0 fully saturated rings. The summed E-state index contributed by atoms with van der Waals surface area (Å²) in [6, 6.07) is 38.3. The lowest BCUT2D eigenvalue weighted by atomic mass is 9.98. The molecule has 0 aliphatic carbocycles. The van der Waals surface area contributed by atoms with E-state index in [1.807, 2.05) is 0 Å². The summed E-state index contributed by atoms with van der Waals surface area (Å²) in [6.07, 6.45) is 2.27. The Bertz CT molecular complexity index is 1020. The van der Waals surface area contributed by atoms with E-state index in [0.717, 1.165) is 0 Å². The molecule has 0 spiro atoms. The molecular weight excluding hydrogens is 350 g/mol. The van der Waals surface area contributed by atoms with Crippen LogP contribution in [0.25, 0.3) is 5.57 Å². The molecule has 0 bridgehead atoms. The van der Waals surface area contributed by atoms with Crippen molar-refractivity contribution >= 4 is 16.9 Å². The molecule has 4 aromatic carbocycles. The van der Waals surface area contributed by atoms with Gasteiger partial charge in [-0.3, -0.25) is 0 Å². The van der Waals surface area contributed by atoms with Crippen molar-refractivity contribution in [2.24, 2.45) is 0 Å². The monoisotopic (exact) mass is 375 g/mol. The van der Waals surface area contributed by atoms with E-state index < -0.39 is 0 Å². The fourth-order valence-electron chi connectivity index (χ4n) is 3.62. The van der Waals surface area contributed by atoms with Crippen molar-refractivity contribution in [3.63, 3.8) is 0 Å². The Morgan fingerprint density at radius 3 is 1.31 bits per heavy atom. The summed E-state index contributed by atoms with van der Waals surface area (Å²) in [4.78, 5) is 2.32. The Hall–Kier alpha value is -3.58. The van der Waals surface area contributed by atoms with Gasteiger partial charge in [0, 0.05) is 23.1 Å². The molecule has 29 heavy (non-hydrogen) atoms. The average molecular weight is 376 g/mol. The highest BCUT2D eigenvalue weighted by molar-refractivity contribution is 5.84. The van der Waals surface area contributed by atoms with Crippen LogP contribution in [0.1, 0.15) is 22.3 Å². The maximum absolute atomic E-state index is 2.32. The maximum atomic E-state index is 2.32. The number of rotatable bonds is 5. The van der Waals surface area contributed by atoms with E-state index in [2.05, 4.69) is 134 Å². The highest BCUT2D eigenvalue weighted by atomic mass is 15.1. The van der Waals surface area contributed by atoms with Crippen LogP contribution in [0.5, 0.6) is 0 Å². The second kappa shape index (κ2) is 8.62. The summed E-state index contributed by atoms with van der Waals surface area (Å²) in [5.41, 5.74) is 8.45. The molecule has 4 rings (SSSR count). The molecule has 0 aliphatic rings. The summed E-state index contributed by atoms with van der Waals surface area (Å²) >= 11 is 0. The van der Waals surface area contributed by atoms with Crippen LogP contribution in [0.15, 0.2) is 115 Å². The molecule has 0 aromatic heterocycles. The van der Waals surface area contributed by atoms with Crippen molar-refractivity contribution in [1.82, 2.24) is 0 Å². The SMILES string of the molecule is Cc1ccccc1N(C=C(c1ccccc1)c1ccccc1)c1ccccc1C. The number of para-hydroxylation sites is 2. The smallest absolute Gasteiger partial charge is 0.0485 e. The Balaban J connectivity index is 1.96. The van der Waals surface area contributed by atoms with Crippen LogP contribution >= 0.6 is 0 Å². The number of nitrogens with zero attached hydrogens (tertiary/aromatic N) is 1. The molecule has 0 aliphatic heterocycles. The minimum Gasteiger partial charge on any atom is -0.316 e. The first-order chi connectivity index (χ1) is 14.2. The summed E-state index contributed by atoms with van der Waals surface area (Å²) in [7, 11) is 0. The minimum absolute atomic E-state index is 1.19.